The second-order valence-electron chi connectivity index (χ2n) is 28.9. The maximum absolute atomic E-state index is 13.6. The zero-order valence-corrected chi connectivity index (χ0v) is 61.5. The van der Waals surface area contributed by atoms with E-state index < -0.39 is 204 Å². The number of aliphatic hydroxyl groups is 13. The summed E-state index contributed by atoms with van der Waals surface area (Å²) in [6.07, 6.45) is 3.80. The van der Waals surface area contributed by atoms with Crippen molar-refractivity contribution in [1.29, 1.82) is 0 Å². The molecule has 0 saturated carbocycles. The molecule has 1 unspecified atom stereocenters. The highest BCUT2D eigenvalue weighted by atomic mass is 16.8. The fourth-order valence-electron chi connectivity index (χ4n) is 14.1. The molecule has 4 saturated heterocycles. The average Bonchev–Trinajstić information content (AvgIpc) is 0.748. The van der Waals surface area contributed by atoms with Crippen LogP contribution in [0.2, 0.25) is 0 Å². The van der Waals surface area contributed by atoms with Gasteiger partial charge >= 0.3 is 5.97 Å². The normalized spacial score (nSPS) is 31.2. The number of ketones is 1. The van der Waals surface area contributed by atoms with Crippen molar-refractivity contribution in [2.45, 2.75) is 393 Å². The minimum atomic E-state index is -3.26. The minimum absolute atomic E-state index is 0.165. The van der Waals surface area contributed by atoms with Gasteiger partial charge in [0.05, 0.1) is 63.4 Å². The SMILES string of the molecule is CCCCCCCCCCCCC/C=C/[C@@H](O)[C@H](CO[C@@H]1O[C@H](CO)[C@@H](O[C@@H]2O[C@H](CO)[C@H](O[C@@H]3O[C@H](CO)[C@H](O)[C@H](O)[C@H]3CC(C)=O)[C@H](O[C@]3(C(=O)O)C[C@H](O)[C@@H](NC(C)=O)C([C@H](O)[C@H](O)CO)O3)[C@H]2O)[C@H](O)[C@H]1O)NC(=O)CCCCCCCCCCCCCCCCCCCCCCC. The Kier molecular flexibility index (Phi) is 46.0. The quantitative estimate of drug-likeness (QED) is 0.0293. The molecule has 16 N–H and O–H groups in total. The molecule has 0 aliphatic carbocycles. The van der Waals surface area contributed by atoms with Crippen LogP contribution in [0.1, 0.15) is 259 Å². The second-order valence-corrected chi connectivity index (χ2v) is 28.9. The Morgan fingerprint density at radius 2 is 1.00 bits per heavy atom. The lowest BCUT2D eigenvalue weighted by Crippen LogP contribution is -2.71. The van der Waals surface area contributed by atoms with Crippen LogP contribution in [0.25, 0.3) is 0 Å². The van der Waals surface area contributed by atoms with Crippen molar-refractivity contribution in [2.24, 2.45) is 5.92 Å². The van der Waals surface area contributed by atoms with Crippen molar-refractivity contribution >= 4 is 23.6 Å². The zero-order valence-electron chi connectivity index (χ0n) is 61.5. The number of aliphatic carboxylic acids is 1. The summed E-state index contributed by atoms with van der Waals surface area (Å²) >= 11 is 0. The standard InChI is InChI=1S/C74H134N2O26/c1-5-7-9-11-13-15-17-19-20-21-22-23-24-25-26-28-30-32-34-36-38-40-58(86)76-51(52(83)39-37-35-33-31-29-27-18-16-14-12-10-8-6-2)47-95-71-64(91)63(90)66(56(45-79)97-71)99-72-65(92)69(67(57(46-80)98-72)100-70-50(41-48(3)81)60(87)62(89)55(44-78)96-70)102-74(73(93)94)42-53(84)59(75-49(4)82)68(101-74)61(88)54(85)43-77/h37,39,50-57,59-72,77-80,83-85,87-92H,5-36,38,40-47H2,1-4H3,(H,75,82)(H,76,86)(H,93,94)/b39-37+/t50-,51+,52-,53+,54-,55-,56-,57-,59-,60-,61-,62+,63-,64-,65-,66-,67+,68?,69-,70+,71-,72+,74+/m1/s1. The van der Waals surface area contributed by atoms with Gasteiger partial charge in [0.15, 0.2) is 18.9 Å². The van der Waals surface area contributed by atoms with Crippen molar-refractivity contribution in [1.82, 2.24) is 10.6 Å². The van der Waals surface area contributed by atoms with Crippen LogP contribution in [0.5, 0.6) is 0 Å². The summed E-state index contributed by atoms with van der Waals surface area (Å²) in [4.78, 5) is 52.2. The third kappa shape index (κ3) is 31.3. The first kappa shape index (κ1) is 91.4. The van der Waals surface area contributed by atoms with Crippen molar-refractivity contribution < 1.29 is 129 Å². The number of rotatable bonds is 56. The molecule has 4 aliphatic rings. The number of aliphatic hydroxyl groups excluding tert-OH is 13. The van der Waals surface area contributed by atoms with Crippen LogP contribution >= 0.6 is 0 Å². The first-order valence-electron chi connectivity index (χ1n) is 38.8. The van der Waals surface area contributed by atoms with Crippen molar-refractivity contribution in [3.63, 3.8) is 0 Å². The van der Waals surface area contributed by atoms with Crippen molar-refractivity contribution in [3.8, 4) is 0 Å². The van der Waals surface area contributed by atoms with Crippen LogP contribution in [0.3, 0.4) is 0 Å². The molecule has 2 amide bonds. The first-order chi connectivity index (χ1) is 49.0. The predicted molar refractivity (Wildman–Crippen MR) is 375 cm³/mol. The van der Waals surface area contributed by atoms with Gasteiger partial charge in [-0.05, 0) is 26.2 Å². The van der Waals surface area contributed by atoms with Crippen LogP contribution in [-0.2, 0) is 57.1 Å². The number of carbonyl (C=O) groups excluding carboxylic acids is 3. The highest BCUT2D eigenvalue weighted by Gasteiger charge is 2.61. The molecule has 23 atom stereocenters. The Bertz CT molecular complexity index is 2280. The van der Waals surface area contributed by atoms with E-state index >= 15 is 0 Å². The van der Waals surface area contributed by atoms with Gasteiger partial charge < -0.3 is 125 Å². The number of carbonyl (C=O) groups is 4. The minimum Gasteiger partial charge on any atom is -0.477 e. The second kappa shape index (κ2) is 51.3. The molecule has 28 nitrogen and oxygen atoms in total. The van der Waals surface area contributed by atoms with Gasteiger partial charge in [0.2, 0.25) is 11.8 Å². The van der Waals surface area contributed by atoms with Gasteiger partial charge in [-0.25, -0.2) is 4.79 Å². The van der Waals surface area contributed by atoms with Crippen LogP contribution in [-0.4, -0.2) is 262 Å². The summed E-state index contributed by atoms with van der Waals surface area (Å²) in [6, 6.07) is -2.79. The van der Waals surface area contributed by atoms with Gasteiger partial charge in [-0.1, -0.05) is 219 Å². The van der Waals surface area contributed by atoms with Crippen molar-refractivity contribution in [3.05, 3.63) is 12.2 Å². The van der Waals surface area contributed by atoms with Gasteiger partial charge in [0, 0.05) is 32.1 Å². The highest BCUT2D eigenvalue weighted by molar-refractivity contribution is 5.77. The van der Waals surface area contributed by atoms with E-state index in [0.717, 1.165) is 65.2 Å². The third-order valence-corrected chi connectivity index (χ3v) is 20.3. The lowest BCUT2D eigenvalue weighted by Gasteiger charge is -2.52. The van der Waals surface area contributed by atoms with E-state index in [1.54, 1.807) is 6.08 Å². The zero-order chi connectivity index (χ0) is 75.0. The molecule has 102 heavy (non-hydrogen) atoms. The van der Waals surface area contributed by atoms with E-state index in [0.29, 0.717) is 12.8 Å². The topological polar surface area (TPSA) is 449 Å². The van der Waals surface area contributed by atoms with Crippen LogP contribution in [0, 0.1) is 5.92 Å². The molecule has 0 aromatic heterocycles. The summed E-state index contributed by atoms with van der Waals surface area (Å²) < 4.78 is 48.2. The third-order valence-electron chi connectivity index (χ3n) is 20.3. The Hall–Kier alpha value is -3.02. The number of Topliss-reactive ketones (excluding diaryl/α,β-unsaturated/α-hetero) is 1. The van der Waals surface area contributed by atoms with E-state index in [4.69, 9.17) is 37.9 Å². The largest absolute Gasteiger partial charge is 0.477 e. The van der Waals surface area contributed by atoms with Gasteiger partial charge in [0.25, 0.3) is 5.79 Å². The molecular weight excluding hydrogens is 1330 g/mol. The van der Waals surface area contributed by atoms with E-state index in [9.17, 15) is 90.7 Å². The average molecular weight is 1470 g/mol. The molecule has 4 heterocycles. The molecule has 0 aromatic rings. The van der Waals surface area contributed by atoms with Gasteiger partial charge in [-0.15, -0.1) is 0 Å². The first-order valence-corrected chi connectivity index (χ1v) is 38.8. The molecule has 4 aliphatic heterocycles. The highest BCUT2D eigenvalue weighted by Crippen LogP contribution is 2.41. The number of hydrogen-bond acceptors (Lipinski definition) is 25. The number of allylic oxidation sites excluding steroid dienone is 1. The fourth-order valence-corrected chi connectivity index (χ4v) is 14.1. The lowest BCUT2D eigenvalue weighted by atomic mass is 9.87. The summed E-state index contributed by atoms with van der Waals surface area (Å²) in [5.74, 6) is -8.55. The molecule has 4 fully saturated rings. The number of amides is 2. The summed E-state index contributed by atoms with van der Waals surface area (Å²) in [5, 5.41) is 161. The van der Waals surface area contributed by atoms with E-state index in [2.05, 4.69) is 24.5 Å². The van der Waals surface area contributed by atoms with E-state index in [1.807, 2.05) is 6.08 Å². The number of ether oxygens (including phenoxy) is 8. The number of unbranched alkanes of at least 4 members (excludes halogenated alkanes) is 31. The smallest absolute Gasteiger partial charge is 0.364 e. The predicted octanol–water partition coefficient (Wildman–Crippen LogP) is 4.56. The molecule has 0 bridgehead atoms. The van der Waals surface area contributed by atoms with Gasteiger partial charge in [-0.3, -0.25) is 9.59 Å². The maximum Gasteiger partial charge on any atom is 0.364 e. The van der Waals surface area contributed by atoms with E-state index in [-0.39, 0.29) is 12.3 Å². The Labute approximate surface area is 604 Å². The van der Waals surface area contributed by atoms with Crippen LogP contribution in [0.4, 0.5) is 0 Å². The van der Waals surface area contributed by atoms with Crippen LogP contribution in [0.15, 0.2) is 12.2 Å². The summed E-state index contributed by atoms with van der Waals surface area (Å²) in [7, 11) is 0. The Morgan fingerprint density at radius 1 is 0.539 bits per heavy atom. The molecule has 596 valence electrons. The van der Waals surface area contributed by atoms with Gasteiger partial charge in [-0.2, -0.15) is 0 Å². The van der Waals surface area contributed by atoms with E-state index in [1.165, 1.54) is 148 Å². The fraction of sp³-hybridized carbons (Fsp3) is 0.919. The molecule has 28 heteroatoms. The van der Waals surface area contributed by atoms with Crippen molar-refractivity contribution in [2.75, 3.05) is 33.0 Å². The number of nitrogens with one attached hydrogen (secondary N) is 2. The molecule has 0 radical (unpaired) electrons. The molecule has 0 spiro atoms. The number of carboxylic acid groups (broad SMARTS) is 1. The maximum atomic E-state index is 13.6. The van der Waals surface area contributed by atoms with Gasteiger partial charge in [0.1, 0.15) is 85.1 Å². The summed E-state index contributed by atoms with van der Waals surface area (Å²) in [6.45, 7) is 1.95. The molecule has 4 rings (SSSR count). The molecular formula is C74H134N2O26. The molecule has 0 aromatic carbocycles. The number of hydrogen-bond donors (Lipinski definition) is 16. The van der Waals surface area contributed by atoms with Crippen LogP contribution < -0.4 is 10.6 Å². The number of carboxylic acids is 1. The summed E-state index contributed by atoms with van der Waals surface area (Å²) in [5.41, 5.74) is 0. The monoisotopic (exact) mass is 1470 g/mol. The lowest BCUT2D eigenvalue weighted by molar-refractivity contribution is -0.403. The Balaban J connectivity index is 1.48. The Morgan fingerprint density at radius 3 is 1.47 bits per heavy atom.